The summed E-state index contributed by atoms with van der Waals surface area (Å²) in [6.45, 7) is 2.05. The summed E-state index contributed by atoms with van der Waals surface area (Å²) in [5.41, 5.74) is 1.89. The molecule has 0 saturated heterocycles. The molecule has 4 heteroatoms. The predicted octanol–water partition coefficient (Wildman–Crippen LogP) is 4.53. The van der Waals surface area contributed by atoms with E-state index in [9.17, 15) is 4.39 Å². The van der Waals surface area contributed by atoms with E-state index < -0.39 is 0 Å². The van der Waals surface area contributed by atoms with Gasteiger partial charge in [0.15, 0.2) is 0 Å². The van der Waals surface area contributed by atoms with E-state index in [2.05, 4.69) is 5.32 Å². The van der Waals surface area contributed by atoms with Gasteiger partial charge >= 0.3 is 0 Å². The standard InChI is InChI=1S/C16H17ClFNO/c1-11(8-12-4-3-5-13(18)9-12)19-14-6-7-15(17)16(10-14)20-2/h3-7,9-11,19H,8H2,1-2H3. The smallest absolute Gasteiger partial charge is 0.139 e. The van der Waals surface area contributed by atoms with Crippen molar-refractivity contribution in [2.75, 3.05) is 12.4 Å². The first kappa shape index (κ1) is 14.7. The van der Waals surface area contributed by atoms with Crippen molar-refractivity contribution in [3.8, 4) is 5.75 Å². The summed E-state index contributed by atoms with van der Waals surface area (Å²) in [7, 11) is 1.58. The topological polar surface area (TPSA) is 21.3 Å². The van der Waals surface area contributed by atoms with Crippen LogP contribution in [-0.4, -0.2) is 13.2 Å². The van der Waals surface area contributed by atoms with Gasteiger partial charge in [-0.1, -0.05) is 23.7 Å². The van der Waals surface area contributed by atoms with Gasteiger partial charge in [-0.25, -0.2) is 4.39 Å². The van der Waals surface area contributed by atoms with Crippen LogP contribution in [0.15, 0.2) is 42.5 Å². The van der Waals surface area contributed by atoms with Gasteiger partial charge in [0.2, 0.25) is 0 Å². The first-order valence-corrected chi connectivity index (χ1v) is 6.81. The van der Waals surface area contributed by atoms with E-state index >= 15 is 0 Å². The summed E-state index contributed by atoms with van der Waals surface area (Å²) < 4.78 is 18.3. The third-order valence-electron chi connectivity index (χ3n) is 3.00. The van der Waals surface area contributed by atoms with Crippen LogP contribution in [0, 0.1) is 5.82 Å². The van der Waals surface area contributed by atoms with E-state index in [0.29, 0.717) is 10.8 Å². The molecule has 106 valence electrons. The highest BCUT2D eigenvalue weighted by molar-refractivity contribution is 6.32. The Kier molecular flexibility index (Phi) is 4.85. The van der Waals surface area contributed by atoms with E-state index in [0.717, 1.165) is 17.7 Å². The maximum atomic E-state index is 13.1. The van der Waals surface area contributed by atoms with Gasteiger partial charge in [0.25, 0.3) is 0 Å². The fourth-order valence-electron chi connectivity index (χ4n) is 2.10. The highest BCUT2D eigenvalue weighted by Crippen LogP contribution is 2.27. The Morgan fingerprint density at radius 2 is 2.05 bits per heavy atom. The Hall–Kier alpha value is -1.74. The summed E-state index contributed by atoms with van der Waals surface area (Å²) in [4.78, 5) is 0. The SMILES string of the molecule is COc1cc(NC(C)Cc2cccc(F)c2)ccc1Cl. The van der Waals surface area contributed by atoms with Gasteiger partial charge in [-0.15, -0.1) is 0 Å². The molecule has 2 nitrogen and oxygen atoms in total. The van der Waals surface area contributed by atoms with Crippen LogP contribution in [0.3, 0.4) is 0 Å². The molecule has 2 aromatic carbocycles. The minimum atomic E-state index is -0.206. The van der Waals surface area contributed by atoms with Crippen LogP contribution in [0.25, 0.3) is 0 Å². The average Bonchev–Trinajstić information content (AvgIpc) is 2.41. The molecule has 0 spiro atoms. The second-order valence-electron chi connectivity index (χ2n) is 4.73. The number of methoxy groups -OCH3 is 1. The molecule has 1 unspecified atom stereocenters. The van der Waals surface area contributed by atoms with Crippen LogP contribution in [-0.2, 0) is 6.42 Å². The zero-order valence-electron chi connectivity index (χ0n) is 11.5. The predicted molar refractivity (Wildman–Crippen MR) is 81.2 cm³/mol. The van der Waals surface area contributed by atoms with Crippen molar-refractivity contribution in [2.45, 2.75) is 19.4 Å². The Morgan fingerprint density at radius 1 is 1.25 bits per heavy atom. The minimum absolute atomic E-state index is 0.169. The molecule has 0 aliphatic heterocycles. The lowest BCUT2D eigenvalue weighted by atomic mass is 10.1. The molecule has 0 aliphatic rings. The van der Waals surface area contributed by atoms with E-state index in [1.807, 2.05) is 25.1 Å². The molecule has 1 atom stereocenters. The van der Waals surface area contributed by atoms with Crippen molar-refractivity contribution >= 4 is 17.3 Å². The highest BCUT2D eigenvalue weighted by atomic mass is 35.5. The minimum Gasteiger partial charge on any atom is -0.495 e. The molecule has 0 aromatic heterocycles. The number of anilines is 1. The lowest BCUT2D eigenvalue weighted by Crippen LogP contribution is -2.18. The monoisotopic (exact) mass is 293 g/mol. The molecule has 20 heavy (non-hydrogen) atoms. The maximum absolute atomic E-state index is 13.1. The second kappa shape index (κ2) is 6.62. The van der Waals surface area contributed by atoms with Crippen molar-refractivity contribution in [3.63, 3.8) is 0 Å². The summed E-state index contributed by atoms with van der Waals surface area (Å²) in [6, 6.07) is 12.4. The molecular weight excluding hydrogens is 277 g/mol. The van der Waals surface area contributed by atoms with E-state index in [4.69, 9.17) is 16.3 Å². The number of hydrogen-bond donors (Lipinski definition) is 1. The van der Waals surface area contributed by atoms with Crippen molar-refractivity contribution in [1.82, 2.24) is 0 Å². The first-order valence-electron chi connectivity index (χ1n) is 6.43. The molecule has 0 bridgehead atoms. The quantitative estimate of drug-likeness (QED) is 0.874. The van der Waals surface area contributed by atoms with Gasteiger partial charge < -0.3 is 10.1 Å². The molecule has 2 aromatic rings. The molecule has 0 fully saturated rings. The van der Waals surface area contributed by atoms with Crippen molar-refractivity contribution in [2.24, 2.45) is 0 Å². The van der Waals surface area contributed by atoms with Gasteiger partial charge in [-0.05, 0) is 43.2 Å². The molecule has 1 N–H and O–H groups in total. The highest BCUT2D eigenvalue weighted by Gasteiger charge is 2.07. The van der Waals surface area contributed by atoms with Crippen LogP contribution < -0.4 is 10.1 Å². The molecule has 0 amide bonds. The summed E-state index contributed by atoms with van der Waals surface area (Å²) >= 11 is 5.99. The molecule has 0 saturated carbocycles. The summed E-state index contributed by atoms with van der Waals surface area (Å²) in [6.07, 6.45) is 0.739. The van der Waals surface area contributed by atoms with Crippen molar-refractivity contribution < 1.29 is 9.13 Å². The zero-order chi connectivity index (χ0) is 14.5. The number of halogens is 2. The van der Waals surface area contributed by atoms with Gasteiger partial charge in [-0.2, -0.15) is 0 Å². The average molecular weight is 294 g/mol. The molecule has 0 heterocycles. The van der Waals surface area contributed by atoms with Gasteiger partial charge in [-0.3, -0.25) is 0 Å². The van der Waals surface area contributed by atoms with Crippen LogP contribution in [0.2, 0.25) is 5.02 Å². The van der Waals surface area contributed by atoms with Crippen LogP contribution in [0.5, 0.6) is 5.75 Å². The number of hydrogen-bond acceptors (Lipinski definition) is 2. The van der Waals surface area contributed by atoms with Crippen LogP contribution in [0.1, 0.15) is 12.5 Å². The Bertz CT molecular complexity index is 588. The normalized spacial score (nSPS) is 12.0. The van der Waals surface area contributed by atoms with E-state index in [-0.39, 0.29) is 11.9 Å². The van der Waals surface area contributed by atoms with E-state index in [1.165, 1.54) is 6.07 Å². The molecular formula is C16H17ClFNO. The lowest BCUT2D eigenvalue weighted by Gasteiger charge is -2.16. The molecule has 0 aliphatic carbocycles. The second-order valence-corrected chi connectivity index (χ2v) is 5.14. The summed E-state index contributed by atoms with van der Waals surface area (Å²) in [5.74, 6) is 0.428. The zero-order valence-corrected chi connectivity index (χ0v) is 12.2. The Labute approximate surface area is 123 Å². The number of rotatable bonds is 5. The third kappa shape index (κ3) is 3.87. The van der Waals surface area contributed by atoms with Crippen molar-refractivity contribution in [3.05, 3.63) is 58.9 Å². The Balaban J connectivity index is 2.02. The molecule has 0 radical (unpaired) electrons. The summed E-state index contributed by atoms with van der Waals surface area (Å²) in [5, 5.41) is 3.93. The van der Waals surface area contributed by atoms with Gasteiger partial charge in [0, 0.05) is 17.8 Å². The van der Waals surface area contributed by atoms with Crippen molar-refractivity contribution in [1.29, 1.82) is 0 Å². The first-order chi connectivity index (χ1) is 9.58. The molecule has 2 rings (SSSR count). The van der Waals surface area contributed by atoms with Gasteiger partial charge in [0.1, 0.15) is 11.6 Å². The third-order valence-corrected chi connectivity index (χ3v) is 3.31. The fraction of sp³-hybridized carbons (Fsp3) is 0.250. The number of nitrogens with one attached hydrogen (secondary N) is 1. The van der Waals surface area contributed by atoms with Crippen LogP contribution in [0.4, 0.5) is 10.1 Å². The van der Waals surface area contributed by atoms with Gasteiger partial charge in [0.05, 0.1) is 12.1 Å². The van der Waals surface area contributed by atoms with Crippen LogP contribution >= 0.6 is 11.6 Å². The fourth-order valence-corrected chi connectivity index (χ4v) is 2.30. The Morgan fingerprint density at radius 3 is 2.75 bits per heavy atom. The lowest BCUT2D eigenvalue weighted by molar-refractivity contribution is 0.415. The van der Waals surface area contributed by atoms with E-state index in [1.54, 1.807) is 25.3 Å². The number of ether oxygens (including phenoxy) is 1. The largest absolute Gasteiger partial charge is 0.495 e. The maximum Gasteiger partial charge on any atom is 0.139 e. The number of benzene rings is 2.